The molecule has 1 atom stereocenters. The van der Waals surface area contributed by atoms with Gasteiger partial charge in [-0.2, -0.15) is 0 Å². The summed E-state index contributed by atoms with van der Waals surface area (Å²) in [7, 11) is -3.25. The largest absolute Gasteiger partial charge is 0.361 e. The van der Waals surface area contributed by atoms with E-state index in [2.05, 4.69) is 44.4 Å². The van der Waals surface area contributed by atoms with Gasteiger partial charge in [0.05, 0.1) is 12.8 Å². The van der Waals surface area contributed by atoms with Crippen LogP contribution in [0.5, 0.6) is 0 Å². The fourth-order valence-corrected chi connectivity index (χ4v) is 3.93. The summed E-state index contributed by atoms with van der Waals surface area (Å²) in [6.07, 6.45) is 5.69. The van der Waals surface area contributed by atoms with Crippen molar-refractivity contribution in [1.82, 2.24) is 20.2 Å². The molecule has 0 saturated carbocycles. The van der Waals surface area contributed by atoms with Gasteiger partial charge in [0.25, 0.3) is 0 Å². The zero-order valence-electron chi connectivity index (χ0n) is 14.6. The molecule has 0 saturated heterocycles. The van der Waals surface area contributed by atoms with Crippen molar-refractivity contribution in [3.05, 3.63) is 53.0 Å². The van der Waals surface area contributed by atoms with E-state index >= 15 is 0 Å². The molecule has 0 aliphatic heterocycles. The lowest BCUT2D eigenvalue weighted by Crippen LogP contribution is -2.34. The summed E-state index contributed by atoms with van der Waals surface area (Å²) < 4.78 is 30.5. The highest BCUT2D eigenvalue weighted by Crippen LogP contribution is 2.25. The van der Waals surface area contributed by atoms with Gasteiger partial charge in [-0.3, -0.25) is 0 Å². The van der Waals surface area contributed by atoms with Crippen molar-refractivity contribution in [2.45, 2.75) is 38.4 Å². The Morgan fingerprint density at radius 1 is 1.31 bits per heavy atom. The molecule has 0 spiro atoms. The summed E-state index contributed by atoms with van der Waals surface area (Å²) in [6, 6.07) is 8.68. The topological polar surface area (TPSA) is 100 Å². The number of H-pyrrole nitrogens is 1. The van der Waals surface area contributed by atoms with Gasteiger partial charge >= 0.3 is 0 Å². The van der Waals surface area contributed by atoms with Crippen LogP contribution >= 0.6 is 0 Å². The zero-order chi connectivity index (χ0) is 18.1. The average Bonchev–Trinajstić information content (AvgIpc) is 3.24. The van der Waals surface area contributed by atoms with Crippen LogP contribution in [0.3, 0.4) is 0 Å². The van der Waals surface area contributed by atoms with E-state index in [0.29, 0.717) is 11.7 Å². The minimum absolute atomic E-state index is 0.174. The number of hydrogen-bond donors (Lipinski definition) is 3. The molecular weight excluding hydrogens is 352 g/mol. The maximum absolute atomic E-state index is 11.3. The lowest BCUT2D eigenvalue weighted by Gasteiger charge is -2.23. The molecule has 8 heteroatoms. The summed E-state index contributed by atoms with van der Waals surface area (Å²) in [5.41, 5.74) is 4.12. The molecule has 0 fully saturated rings. The first-order valence-corrected chi connectivity index (χ1v) is 10.6. The Hall–Kier alpha value is -2.16. The molecule has 1 aromatic carbocycles. The Morgan fingerprint density at radius 2 is 2.19 bits per heavy atom. The van der Waals surface area contributed by atoms with Gasteiger partial charge in [0.1, 0.15) is 11.5 Å². The number of hydrogen-bond acceptors (Lipinski definition) is 5. The highest BCUT2D eigenvalue weighted by Gasteiger charge is 2.25. The molecule has 138 valence electrons. The average molecular weight is 374 g/mol. The molecule has 2 heterocycles. The predicted molar refractivity (Wildman–Crippen MR) is 99.1 cm³/mol. The highest BCUT2D eigenvalue weighted by atomic mass is 32.2. The molecule has 26 heavy (non-hydrogen) atoms. The van der Waals surface area contributed by atoms with E-state index in [1.165, 1.54) is 10.9 Å². The van der Waals surface area contributed by atoms with Crippen LogP contribution in [0, 0.1) is 0 Å². The molecule has 2 aromatic heterocycles. The van der Waals surface area contributed by atoms with Crippen molar-refractivity contribution < 1.29 is 12.9 Å². The predicted octanol–water partition coefficient (Wildman–Crippen LogP) is 1.85. The first-order chi connectivity index (χ1) is 12.5. The molecule has 3 N–H and O–H groups in total. The van der Waals surface area contributed by atoms with Gasteiger partial charge in [-0.15, -0.1) is 0 Å². The smallest absolute Gasteiger partial charge is 0.209 e. The maximum Gasteiger partial charge on any atom is 0.209 e. The van der Waals surface area contributed by atoms with Gasteiger partial charge < -0.3 is 14.8 Å². The Labute approximate surface area is 152 Å². The molecule has 7 nitrogen and oxygen atoms in total. The summed E-state index contributed by atoms with van der Waals surface area (Å²) >= 11 is 0. The van der Waals surface area contributed by atoms with E-state index < -0.39 is 10.0 Å². The van der Waals surface area contributed by atoms with Crippen LogP contribution < -0.4 is 10.0 Å². The van der Waals surface area contributed by atoms with Crippen LogP contribution in [0.4, 0.5) is 0 Å². The van der Waals surface area contributed by atoms with Crippen LogP contribution in [0.2, 0.25) is 0 Å². The van der Waals surface area contributed by atoms with E-state index in [-0.39, 0.29) is 6.54 Å². The number of sulfonamides is 1. The van der Waals surface area contributed by atoms with Gasteiger partial charge in [-0.25, -0.2) is 13.1 Å². The number of fused-ring (bicyclic) bond motifs is 2. The molecule has 0 bridgehead atoms. The SMILES string of the molecule is CS(=O)(=O)NCc1noc2c1CC(NCc1cccc3[nH]ccc13)CC2. The third-order valence-electron chi connectivity index (χ3n) is 4.89. The normalized spacial score (nSPS) is 17.5. The first kappa shape index (κ1) is 17.3. The van der Waals surface area contributed by atoms with E-state index in [1.54, 1.807) is 0 Å². The second kappa shape index (κ2) is 6.86. The minimum atomic E-state index is -3.25. The van der Waals surface area contributed by atoms with E-state index in [9.17, 15) is 8.42 Å². The Balaban J connectivity index is 1.43. The van der Waals surface area contributed by atoms with E-state index in [0.717, 1.165) is 48.9 Å². The quantitative estimate of drug-likeness (QED) is 0.611. The summed E-state index contributed by atoms with van der Waals surface area (Å²) in [4.78, 5) is 3.24. The molecule has 1 aliphatic rings. The molecule has 1 aliphatic carbocycles. The maximum atomic E-state index is 11.3. The second-order valence-corrected chi connectivity index (χ2v) is 8.63. The van der Waals surface area contributed by atoms with Crippen LogP contribution in [0.25, 0.3) is 10.9 Å². The van der Waals surface area contributed by atoms with Crippen molar-refractivity contribution in [2.24, 2.45) is 0 Å². The van der Waals surface area contributed by atoms with Crippen molar-refractivity contribution in [3.63, 3.8) is 0 Å². The molecule has 3 aromatic rings. The molecule has 4 rings (SSSR count). The molecule has 1 unspecified atom stereocenters. The van der Waals surface area contributed by atoms with Crippen molar-refractivity contribution in [1.29, 1.82) is 0 Å². The van der Waals surface area contributed by atoms with Crippen molar-refractivity contribution in [2.75, 3.05) is 6.26 Å². The number of aryl methyl sites for hydroxylation is 1. The second-order valence-electron chi connectivity index (χ2n) is 6.80. The van der Waals surface area contributed by atoms with Gasteiger partial charge in [0.15, 0.2) is 0 Å². The molecule has 0 radical (unpaired) electrons. The monoisotopic (exact) mass is 374 g/mol. The number of benzene rings is 1. The lowest BCUT2D eigenvalue weighted by atomic mass is 9.92. The third-order valence-corrected chi connectivity index (χ3v) is 5.56. The molecule has 0 amide bonds. The van der Waals surface area contributed by atoms with Crippen LogP contribution in [0.15, 0.2) is 35.0 Å². The zero-order valence-corrected chi connectivity index (χ0v) is 15.4. The Morgan fingerprint density at radius 3 is 3.04 bits per heavy atom. The number of nitrogens with one attached hydrogen (secondary N) is 3. The fourth-order valence-electron chi connectivity index (χ4n) is 3.53. The van der Waals surface area contributed by atoms with Crippen molar-refractivity contribution >= 4 is 20.9 Å². The van der Waals surface area contributed by atoms with Crippen LogP contribution in [-0.4, -0.2) is 30.9 Å². The van der Waals surface area contributed by atoms with Crippen molar-refractivity contribution in [3.8, 4) is 0 Å². The Bertz CT molecular complexity index is 1020. The first-order valence-electron chi connectivity index (χ1n) is 8.69. The van der Waals surface area contributed by atoms with Gasteiger partial charge in [0, 0.05) is 41.7 Å². The number of nitrogens with zero attached hydrogens (tertiary/aromatic N) is 1. The summed E-state index contributed by atoms with van der Waals surface area (Å²) in [5.74, 6) is 0.876. The van der Waals surface area contributed by atoms with E-state index in [4.69, 9.17) is 4.52 Å². The summed E-state index contributed by atoms with van der Waals surface area (Å²) in [5, 5.41) is 8.92. The van der Waals surface area contributed by atoms with Crippen LogP contribution in [-0.2, 0) is 36.0 Å². The fraction of sp³-hybridized carbons (Fsp3) is 0.389. The number of rotatable bonds is 6. The van der Waals surface area contributed by atoms with Gasteiger partial charge in [-0.05, 0) is 30.5 Å². The number of aromatic amines is 1. The number of aromatic nitrogens is 2. The lowest BCUT2D eigenvalue weighted by molar-refractivity contribution is 0.351. The molecular formula is C18H22N4O3S. The highest BCUT2D eigenvalue weighted by molar-refractivity contribution is 7.88. The minimum Gasteiger partial charge on any atom is -0.361 e. The van der Waals surface area contributed by atoms with Gasteiger partial charge in [0.2, 0.25) is 10.0 Å². The Kier molecular flexibility index (Phi) is 4.56. The standard InChI is InChI=1S/C18H22N4O3S/c1-26(23,24)21-11-17-15-9-13(5-6-18(15)25-22-17)20-10-12-3-2-4-16-14(12)7-8-19-16/h2-4,7-8,13,19-21H,5-6,9-11H2,1H3. The van der Waals surface area contributed by atoms with Crippen LogP contribution in [0.1, 0.15) is 29.0 Å². The summed E-state index contributed by atoms with van der Waals surface area (Å²) in [6.45, 7) is 0.963. The van der Waals surface area contributed by atoms with E-state index in [1.807, 2.05) is 6.20 Å². The van der Waals surface area contributed by atoms with Gasteiger partial charge in [-0.1, -0.05) is 17.3 Å². The third kappa shape index (κ3) is 3.67.